The number of hydrogen-bond donors (Lipinski definition) is 0. The molecule has 5 nitrogen and oxygen atoms in total. The van der Waals surface area contributed by atoms with E-state index in [1.165, 1.54) is 17.3 Å². The molecule has 2 aliphatic rings. The maximum Gasteiger partial charge on any atom is 0.266 e. The number of aryl methyl sites for hydroxylation is 1. The molecule has 31 heavy (non-hydrogen) atoms. The summed E-state index contributed by atoms with van der Waals surface area (Å²) in [5.41, 5.74) is 3.25. The molecule has 164 valence electrons. The van der Waals surface area contributed by atoms with Crippen molar-refractivity contribution in [3.05, 3.63) is 40.4 Å². The van der Waals surface area contributed by atoms with Crippen molar-refractivity contribution < 1.29 is 9.59 Å². The number of likely N-dealkylation sites (N-methyl/N-ethyl adjacent to an activating group) is 1. The Balaban J connectivity index is 1.70. The highest BCUT2D eigenvalue weighted by Crippen LogP contribution is 2.35. The van der Waals surface area contributed by atoms with Gasteiger partial charge in [0.25, 0.3) is 5.91 Å². The summed E-state index contributed by atoms with van der Waals surface area (Å²) >= 11 is 6.71. The fraction of sp³-hybridized carbons (Fsp3) is 0.458. The Hall–Kier alpha value is -2.12. The molecular formula is C24H29N3O2S2. The lowest BCUT2D eigenvalue weighted by Crippen LogP contribution is -2.39. The van der Waals surface area contributed by atoms with E-state index in [0.717, 1.165) is 48.8 Å². The molecule has 2 aromatic rings. The van der Waals surface area contributed by atoms with Gasteiger partial charge in [0.1, 0.15) is 10.9 Å². The van der Waals surface area contributed by atoms with Crippen LogP contribution in [0.25, 0.3) is 17.0 Å². The molecule has 4 rings (SSSR count). The quantitative estimate of drug-likeness (QED) is 0.485. The number of nitrogens with zero attached hydrogens (tertiary/aromatic N) is 3. The number of amides is 2. The van der Waals surface area contributed by atoms with Gasteiger partial charge in [-0.1, -0.05) is 56.0 Å². The molecule has 0 radical (unpaired) electrons. The van der Waals surface area contributed by atoms with Crippen LogP contribution in [0.5, 0.6) is 0 Å². The lowest BCUT2D eigenvalue weighted by atomic mass is 9.99. The van der Waals surface area contributed by atoms with Crippen molar-refractivity contribution in [3.8, 4) is 0 Å². The third-order valence-corrected chi connectivity index (χ3v) is 7.69. The third-order valence-electron chi connectivity index (χ3n) is 6.31. The number of carbonyl (C=O) groups is 2. The van der Waals surface area contributed by atoms with Crippen LogP contribution in [0.2, 0.25) is 0 Å². The molecule has 1 aromatic heterocycles. The summed E-state index contributed by atoms with van der Waals surface area (Å²) < 4.78 is 2.67. The lowest BCUT2D eigenvalue weighted by Gasteiger charge is -2.30. The lowest BCUT2D eigenvalue weighted by molar-refractivity contribution is -0.133. The van der Waals surface area contributed by atoms with E-state index in [9.17, 15) is 9.59 Å². The monoisotopic (exact) mass is 455 g/mol. The highest BCUT2D eigenvalue weighted by Gasteiger charge is 2.31. The Labute approximate surface area is 193 Å². The minimum atomic E-state index is -0.0384. The summed E-state index contributed by atoms with van der Waals surface area (Å²) in [6.45, 7) is 8.89. The number of carbonyl (C=O) groups excluding carboxylic acids is 2. The molecule has 2 fully saturated rings. The zero-order chi connectivity index (χ0) is 22.1. The molecule has 0 unspecified atom stereocenters. The molecule has 3 heterocycles. The van der Waals surface area contributed by atoms with Gasteiger partial charge in [0.2, 0.25) is 5.91 Å². The minimum absolute atomic E-state index is 0.0384. The maximum absolute atomic E-state index is 13.1. The number of fused-ring (bicyclic) bond motifs is 1. The van der Waals surface area contributed by atoms with Crippen LogP contribution in [0.1, 0.15) is 44.7 Å². The summed E-state index contributed by atoms with van der Waals surface area (Å²) in [7, 11) is 0. The molecule has 2 saturated heterocycles. The first-order valence-electron chi connectivity index (χ1n) is 11.1. The summed E-state index contributed by atoms with van der Waals surface area (Å²) in [6.07, 6.45) is 6.98. The SMILES string of the molecule is CCc1cccc2c(/C=C3\SC(=S)N(CC)C3=O)cn(CC(=O)N3CCC(C)CC3)c12. The Bertz CT molecular complexity index is 1060. The molecular weight excluding hydrogens is 426 g/mol. The molecule has 7 heteroatoms. The Morgan fingerprint density at radius 3 is 2.65 bits per heavy atom. The molecule has 2 aliphatic heterocycles. The largest absolute Gasteiger partial charge is 0.341 e. The van der Waals surface area contributed by atoms with Crippen molar-refractivity contribution in [3.63, 3.8) is 0 Å². The normalized spacial score (nSPS) is 19.3. The average molecular weight is 456 g/mol. The Kier molecular flexibility index (Phi) is 6.53. The fourth-order valence-corrected chi connectivity index (χ4v) is 5.78. The first kappa shape index (κ1) is 22.1. The van der Waals surface area contributed by atoms with Gasteiger partial charge in [-0.15, -0.1) is 0 Å². The minimum Gasteiger partial charge on any atom is -0.341 e. The number of para-hydroxylation sites is 1. The third kappa shape index (κ3) is 4.30. The van der Waals surface area contributed by atoms with Crippen LogP contribution < -0.4 is 0 Å². The van der Waals surface area contributed by atoms with E-state index in [1.807, 2.05) is 30.2 Å². The number of hydrogen-bond acceptors (Lipinski definition) is 4. The number of likely N-dealkylation sites (tertiary alicyclic amines) is 1. The van der Waals surface area contributed by atoms with Gasteiger partial charge >= 0.3 is 0 Å². The fourth-order valence-electron chi connectivity index (χ4n) is 4.41. The van der Waals surface area contributed by atoms with Gasteiger partial charge in [-0.05, 0) is 43.7 Å². The summed E-state index contributed by atoms with van der Waals surface area (Å²) in [6, 6.07) is 6.24. The molecule has 0 spiro atoms. The first-order chi connectivity index (χ1) is 14.9. The van der Waals surface area contributed by atoms with E-state index in [-0.39, 0.29) is 11.8 Å². The molecule has 1 aromatic carbocycles. The predicted octanol–water partition coefficient (Wildman–Crippen LogP) is 4.68. The van der Waals surface area contributed by atoms with E-state index in [2.05, 4.69) is 30.5 Å². The molecule has 0 atom stereocenters. The highest BCUT2D eigenvalue weighted by atomic mass is 32.2. The van der Waals surface area contributed by atoms with E-state index in [0.29, 0.717) is 28.2 Å². The second-order valence-electron chi connectivity index (χ2n) is 8.37. The average Bonchev–Trinajstić information content (AvgIpc) is 3.24. The van der Waals surface area contributed by atoms with Crippen LogP contribution in [0.3, 0.4) is 0 Å². The number of thioether (sulfide) groups is 1. The molecule has 2 amide bonds. The molecule has 0 bridgehead atoms. The first-order valence-corrected chi connectivity index (χ1v) is 12.3. The van der Waals surface area contributed by atoms with Crippen molar-refractivity contribution in [2.75, 3.05) is 19.6 Å². The smallest absolute Gasteiger partial charge is 0.266 e. The van der Waals surface area contributed by atoms with Crippen LogP contribution in [-0.2, 0) is 22.6 Å². The molecule has 0 saturated carbocycles. The Morgan fingerprint density at radius 1 is 1.26 bits per heavy atom. The maximum atomic E-state index is 13.1. The van der Waals surface area contributed by atoms with Gasteiger partial charge in [-0.2, -0.15) is 0 Å². The van der Waals surface area contributed by atoms with Crippen molar-refractivity contribution >= 4 is 57.1 Å². The Morgan fingerprint density at radius 2 is 2.00 bits per heavy atom. The van der Waals surface area contributed by atoms with Gasteiger partial charge in [0, 0.05) is 36.8 Å². The van der Waals surface area contributed by atoms with Crippen molar-refractivity contribution in [2.45, 2.75) is 46.6 Å². The summed E-state index contributed by atoms with van der Waals surface area (Å²) in [4.78, 5) is 30.0. The second-order valence-corrected chi connectivity index (χ2v) is 10.0. The van der Waals surface area contributed by atoms with Crippen LogP contribution in [-0.4, -0.2) is 50.1 Å². The topological polar surface area (TPSA) is 45.6 Å². The van der Waals surface area contributed by atoms with Crippen LogP contribution in [0.15, 0.2) is 29.3 Å². The second kappa shape index (κ2) is 9.17. The van der Waals surface area contributed by atoms with Crippen LogP contribution in [0.4, 0.5) is 0 Å². The van der Waals surface area contributed by atoms with Crippen molar-refractivity contribution in [1.82, 2.24) is 14.4 Å². The van der Waals surface area contributed by atoms with Gasteiger partial charge in [0.15, 0.2) is 0 Å². The van der Waals surface area contributed by atoms with E-state index < -0.39 is 0 Å². The zero-order valence-corrected chi connectivity index (χ0v) is 20.0. The van der Waals surface area contributed by atoms with Gasteiger partial charge in [-0.3, -0.25) is 14.5 Å². The summed E-state index contributed by atoms with van der Waals surface area (Å²) in [5, 5.41) is 1.07. The standard InChI is InChI=1S/C24H29N3O2S2/c1-4-17-7-6-8-19-18(13-20-23(29)27(5-2)24(30)31-20)14-26(22(17)19)15-21(28)25-11-9-16(3)10-12-25/h6-8,13-14,16H,4-5,9-12,15H2,1-3H3/b20-13-. The number of thiocarbonyl (C=S) groups is 1. The number of benzene rings is 1. The van der Waals surface area contributed by atoms with E-state index in [4.69, 9.17) is 12.2 Å². The zero-order valence-electron chi connectivity index (χ0n) is 18.4. The van der Waals surface area contributed by atoms with Gasteiger partial charge in [-0.25, -0.2) is 0 Å². The van der Waals surface area contributed by atoms with Crippen molar-refractivity contribution in [1.29, 1.82) is 0 Å². The van der Waals surface area contributed by atoms with Crippen LogP contribution >= 0.6 is 24.0 Å². The van der Waals surface area contributed by atoms with E-state index >= 15 is 0 Å². The number of rotatable bonds is 5. The number of piperidine rings is 1. The van der Waals surface area contributed by atoms with Gasteiger partial charge in [0.05, 0.1) is 10.4 Å². The predicted molar refractivity (Wildman–Crippen MR) is 132 cm³/mol. The molecule has 0 N–H and O–H groups in total. The van der Waals surface area contributed by atoms with E-state index in [1.54, 1.807) is 4.90 Å². The van der Waals surface area contributed by atoms with Gasteiger partial charge < -0.3 is 9.47 Å². The molecule has 0 aliphatic carbocycles. The summed E-state index contributed by atoms with van der Waals surface area (Å²) in [5.74, 6) is 0.818. The highest BCUT2D eigenvalue weighted by molar-refractivity contribution is 8.26. The van der Waals surface area contributed by atoms with Crippen molar-refractivity contribution in [2.24, 2.45) is 5.92 Å². The number of aromatic nitrogens is 1. The van der Waals surface area contributed by atoms with Crippen LogP contribution in [0, 0.1) is 5.92 Å².